The minimum absolute atomic E-state index is 0.0469. The van der Waals surface area contributed by atoms with Crippen molar-refractivity contribution in [1.29, 1.82) is 0 Å². The maximum absolute atomic E-state index is 12.3. The van der Waals surface area contributed by atoms with Gasteiger partial charge in [0, 0.05) is 43.5 Å². The molecule has 2 heterocycles. The molecular weight excluding hydrogens is 500 g/mol. The number of hydrogen-bond acceptors (Lipinski definition) is 6. The van der Waals surface area contributed by atoms with E-state index in [1.807, 2.05) is 44.2 Å². The summed E-state index contributed by atoms with van der Waals surface area (Å²) in [4.78, 5) is 37.4. The molecule has 1 aliphatic heterocycles. The molecule has 8 nitrogen and oxygen atoms in total. The minimum Gasteiger partial charge on any atom is -0.385 e. The largest absolute Gasteiger partial charge is 0.385 e. The van der Waals surface area contributed by atoms with Gasteiger partial charge in [-0.3, -0.25) is 14.6 Å². The molecule has 40 heavy (non-hydrogen) atoms. The lowest BCUT2D eigenvalue weighted by atomic mass is 10.0. The number of aromatic nitrogens is 1. The molecule has 1 saturated heterocycles. The number of benzene rings is 1. The summed E-state index contributed by atoms with van der Waals surface area (Å²) in [6.45, 7) is 15.3. The Hall–Kier alpha value is -3.52. The Morgan fingerprint density at radius 3 is 2.52 bits per heavy atom. The topological polar surface area (TPSA) is 89.9 Å². The third-order valence-electron chi connectivity index (χ3n) is 7.51. The molecule has 1 aromatic carbocycles. The lowest BCUT2D eigenvalue weighted by Crippen LogP contribution is -2.40. The number of carbonyl (C=O) groups is 2. The van der Waals surface area contributed by atoms with Crippen molar-refractivity contribution in [1.82, 2.24) is 20.1 Å². The molecular formula is C32H46N6O2. The zero-order valence-corrected chi connectivity index (χ0v) is 24.5. The highest BCUT2D eigenvalue weighted by Crippen LogP contribution is 2.27. The fourth-order valence-corrected chi connectivity index (χ4v) is 5.01. The number of hydrogen-bond donors (Lipinski definition) is 2. The van der Waals surface area contributed by atoms with Crippen LogP contribution < -0.4 is 10.6 Å². The van der Waals surface area contributed by atoms with E-state index in [0.29, 0.717) is 25.9 Å². The molecule has 8 heteroatoms. The average molecular weight is 547 g/mol. The van der Waals surface area contributed by atoms with Crippen LogP contribution in [-0.2, 0) is 16.0 Å². The highest BCUT2D eigenvalue weighted by Gasteiger charge is 2.13. The fraction of sp³-hybridized carbons (Fsp3) is 0.500. The quantitative estimate of drug-likeness (QED) is 0.244. The second-order valence-corrected chi connectivity index (χ2v) is 10.3. The van der Waals surface area contributed by atoms with E-state index in [1.54, 1.807) is 11.1 Å². The van der Waals surface area contributed by atoms with Crippen LogP contribution in [0.2, 0.25) is 0 Å². The molecule has 2 aromatic rings. The normalized spacial score (nSPS) is 13.8. The van der Waals surface area contributed by atoms with E-state index < -0.39 is 0 Å². The number of rotatable bonds is 15. The minimum atomic E-state index is -0.118. The predicted octanol–water partition coefficient (Wildman–Crippen LogP) is 4.93. The lowest BCUT2D eigenvalue weighted by Gasteiger charge is -2.26. The van der Waals surface area contributed by atoms with Gasteiger partial charge in [0.25, 0.3) is 0 Å². The van der Waals surface area contributed by atoms with Crippen LogP contribution in [0.15, 0.2) is 41.5 Å². The van der Waals surface area contributed by atoms with Crippen molar-refractivity contribution in [3.8, 4) is 11.3 Å². The molecule has 2 amide bonds. The molecule has 0 aliphatic carbocycles. The van der Waals surface area contributed by atoms with Gasteiger partial charge < -0.3 is 20.4 Å². The van der Waals surface area contributed by atoms with Crippen molar-refractivity contribution in [2.75, 3.05) is 51.1 Å². The van der Waals surface area contributed by atoms with Crippen LogP contribution in [0, 0.1) is 6.92 Å². The first kappa shape index (κ1) is 31.0. The molecule has 3 rings (SSSR count). The number of carbonyl (C=O) groups excluding carboxylic acids is 2. The highest BCUT2D eigenvalue weighted by molar-refractivity contribution is 5.84. The van der Waals surface area contributed by atoms with E-state index in [-0.39, 0.29) is 18.4 Å². The Morgan fingerprint density at radius 2 is 1.85 bits per heavy atom. The van der Waals surface area contributed by atoms with Crippen molar-refractivity contribution >= 4 is 30.3 Å². The number of likely N-dealkylation sites (N-methyl/N-ethyl adjacent to an activating group) is 1. The second kappa shape index (κ2) is 16.6. The molecule has 0 spiro atoms. The number of aryl methyl sites for hydroxylation is 1. The number of nitrogens with one attached hydrogen (secondary N) is 2. The van der Waals surface area contributed by atoms with Gasteiger partial charge in [-0.2, -0.15) is 0 Å². The Kier molecular flexibility index (Phi) is 12.8. The molecule has 0 unspecified atom stereocenters. The first-order valence-electron chi connectivity index (χ1n) is 14.7. The number of pyridine rings is 1. The van der Waals surface area contributed by atoms with Crippen LogP contribution >= 0.6 is 0 Å². The molecule has 0 atom stereocenters. The lowest BCUT2D eigenvalue weighted by molar-refractivity contribution is -0.132. The summed E-state index contributed by atoms with van der Waals surface area (Å²) >= 11 is 0. The van der Waals surface area contributed by atoms with Crippen molar-refractivity contribution in [2.45, 2.75) is 59.3 Å². The van der Waals surface area contributed by atoms with Crippen molar-refractivity contribution in [3.63, 3.8) is 0 Å². The second-order valence-electron chi connectivity index (χ2n) is 10.3. The number of anilines is 1. The predicted molar refractivity (Wildman–Crippen MR) is 166 cm³/mol. The Morgan fingerprint density at radius 1 is 1.12 bits per heavy atom. The third-order valence-corrected chi connectivity index (χ3v) is 7.51. The Bertz CT molecular complexity index is 1130. The van der Waals surface area contributed by atoms with Gasteiger partial charge in [-0.05, 0) is 96.1 Å². The number of aliphatic imine (C=N–C) groups is 1. The summed E-state index contributed by atoms with van der Waals surface area (Å²) in [5.74, 6) is -0.171. The number of nitrogens with zero attached hydrogens (tertiary/aromatic N) is 4. The highest BCUT2D eigenvalue weighted by atomic mass is 16.2. The molecule has 0 radical (unpaired) electrons. The van der Waals surface area contributed by atoms with Gasteiger partial charge >= 0.3 is 0 Å². The van der Waals surface area contributed by atoms with E-state index in [1.165, 1.54) is 32.4 Å². The number of piperidine rings is 1. The van der Waals surface area contributed by atoms with Gasteiger partial charge in [0.05, 0.1) is 17.9 Å². The molecule has 0 saturated carbocycles. The van der Waals surface area contributed by atoms with Crippen LogP contribution in [0.4, 0.5) is 5.69 Å². The Balaban J connectivity index is 1.60. The summed E-state index contributed by atoms with van der Waals surface area (Å²) in [7, 11) is 0. The molecule has 1 fully saturated rings. The molecule has 0 bridgehead atoms. The SMILES string of the molecule is C=N/C=C\c1nc(-c2ccc(CCC(=O)NCC(=O)N(CC)CC)cc2)cc(NCCCN2CCCCC2)c1C. The molecule has 216 valence electrons. The van der Waals surface area contributed by atoms with E-state index in [0.717, 1.165) is 53.3 Å². The number of amides is 2. The van der Waals surface area contributed by atoms with E-state index in [9.17, 15) is 9.59 Å². The Labute approximate surface area is 240 Å². The van der Waals surface area contributed by atoms with E-state index >= 15 is 0 Å². The van der Waals surface area contributed by atoms with Crippen LogP contribution in [0.1, 0.15) is 62.8 Å². The zero-order valence-electron chi connectivity index (χ0n) is 24.5. The summed E-state index contributed by atoms with van der Waals surface area (Å²) < 4.78 is 0. The third kappa shape index (κ3) is 9.59. The van der Waals surface area contributed by atoms with Crippen molar-refractivity contribution < 1.29 is 9.59 Å². The average Bonchev–Trinajstić information content (AvgIpc) is 2.98. The van der Waals surface area contributed by atoms with Crippen LogP contribution in [0.25, 0.3) is 17.3 Å². The van der Waals surface area contributed by atoms with Gasteiger partial charge in [-0.1, -0.05) is 30.7 Å². The summed E-state index contributed by atoms with van der Waals surface area (Å²) in [5, 5.41) is 6.38. The van der Waals surface area contributed by atoms with Gasteiger partial charge in [0.15, 0.2) is 0 Å². The fourth-order valence-electron chi connectivity index (χ4n) is 5.01. The molecule has 1 aliphatic rings. The zero-order chi connectivity index (χ0) is 28.7. The van der Waals surface area contributed by atoms with Gasteiger partial charge in [0.1, 0.15) is 0 Å². The maximum Gasteiger partial charge on any atom is 0.241 e. The van der Waals surface area contributed by atoms with Crippen LogP contribution in [0.5, 0.6) is 0 Å². The van der Waals surface area contributed by atoms with E-state index in [2.05, 4.69) is 40.2 Å². The van der Waals surface area contributed by atoms with Crippen LogP contribution in [-0.4, -0.2) is 79.1 Å². The standard InChI is InChI=1S/C32H46N6O2/c1-5-38(6-2)32(40)24-35-31(39)16-13-26-11-14-27(15-12-26)30-23-29(25(3)28(36-30)17-19-33-4)34-18-10-22-37-20-8-7-9-21-37/h11-12,14-15,17,19,23H,4-10,13,16,18,20-22,24H2,1-3H3,(H,34,36)(H,35,39)/b19-17-. The summed E-state index contributed by atoms with van der Waals surface area (Å²) in [6, 6.07) is 10.3. The first-order chi connectivity index (χ1) is 19.4. The van der Waals surface area contributed by atoms with Gasteiger partial charge in [-0.25, -0.2) is 4.98 Å². The van der Waals surface area contributed by atoms with Gasteiger partial charge in [0.2, 0.25) is 11.8 Å². The number of likely N-dealkylation sites (tertiary alicyclic amines) is 1. The maximum atomic E-state index is 12.3. The molecule has 2 N–H and O–H groups in total. The molecule has 1 aromatic heterocycles. The van der Waals surface area contributed by atoms with Crippen molar-refractivity contribution in [2.24, 2.45) is 4.99 Å². The first-order valence-corrected chi connectivity index (χ1v) is 14.7. The smallest absolute Gasteiger partial charge is 0.241 e. The van der Waals surface area contributed by atoms with Crippen molar-refractivity contribution in [3.05, 3.63) is 53.4 Å². The summed E-state index contributed by atoms with van der Waals surface area (Å²) in [5.41, 5.74) is 5.98. The van der Waals surface area contributed by atoms with Crippen LogP contribution in [0.3, 0.4) is 0 Å². The monoisotopic (exact) mass is 546 g/mol. The van der Waals surface area contributed by atoms with E-state index in [4.69, 9.17) is 4.98 Å². The van der Waals surface area contributed by atoms with Gasteiger partial charge in [-0.15, -0.1) is 0 Å². The summed E-state index contributed by atoms with van der Waals surface area (Å²) in [6.07, 6.45) is 9.60.